The summed E-state index contributed by atoms with van der Waals surface area (Å²) in [5, 5.41) is 16.4. The van der Waals surface area contributed by atoms with Crippen LogP contribution >= 0.6 is 11.3 Å². The Balaban J connectivity index is 1.17. The van der Waals surface area contributed by atoms with Gasteiger partial charge in [-0.05, 0) is 25.1 Å². The number of rotatable bonds is 5. The molecule has 152 valence electrons. The highest BCUT2D eigenvalue weighted by Crippen LogP contribution is 2.24. The SMILES string of the molecule is Cc1ccn(-c2ccc(N3CCN(Cc4csc(-c5ccccc5)n4)CC3)nn2)n1. The number of benzene rings is 1. The highest BCUT2D eigenvalue weighted by atomic mass is 32.1. The van der Waals surface area contributed by atoms with Gasteiger partial charge in [0, 0.05) is 49.9 Å². The molecule has 8 heteroatoms. The Labute approximate surface area is 179 Å². The first-order valence-corrected chi connectivity index (χ1v) is 11.0. The van der Waals surface area contributed by atoms with E-state index in [2.05, 4.69) is 54.7 Å². The fourth-order valence-electron chi connectivity index (χ4n) is 3.61. The van der Waals surface area contributed by atoms with Crippen molar-refractivity contribution in [2.45, 2.75) is 13.5 Å². The maximum Gasteiger partial charge on any atom is 0.175 e. The van der Waals surface area contributed by atoms with Crippen LogP contribution in [0, 0.1) is 6.92 Å². The first-order chi connectivity index (χ1) is 14.7. The van der Waals surface area contributed by atoms with Gasteiger partial charge in [-0.2, -0.15) is 5.10 Å². The molecule has 4 aromatic rings. The van der Waals surface area contributed by atoms with Crippen molar-refractivity contribution in [3.05, 3.63) is 71.5 Å². The van der Waals surface area contributed by atoms with Crippen molar-refractivity contribution in [1.82, 2.24) is 29.9 Å². The highest BCUT2D eigenvalue weighted by molar-refractivity contribution is 7.13. The molecule has 3 aromatic heterocycles. The van der Waals surface area contributed by atoms with Gasteiger partial charge in [-0.1, -0.05) is 30.3 Å². The van der Waals surface area contributed by atoms with E-state index in [4.69, 9.17) is 4.98 Å². The average Bonchev–Trinajstić information content (AvgIpc) is 3.44. The van der Waals surface area contributed by atoms with Gasteiger partial charge in [0.05, 0.1) is 11.4 Å². The van der Waals surface area contributed by atoms with Crippen LogP contribution in [-0.2, 0) is 6.54 Å². The van der Waals surface area contributed by atoms with Gasteiger partial charge in [0.25, 0.3) is 0 Å². The van der Waals surface area contributed by atoms with E-state index in [1.165, 1.54) is 5.56 Å². The summed E-state index contributed by atoms with van der Waals surface area (Å²) >= 11 is 1.72. The highest BCUT2D eigenvalue weighted by Gasteiger charge is 2.19. The zero-order chi connectivity index (χ0) is 20.3. The van der Waals surface area contributed by atoms with Crippen molar-refractivity contribution in [1.29, 1.82) is 0 Å². The van der Waals surface area contributed by atoms with E-state index >= 15 is 0 Å². The topological polar surface area (TPSA) is 63.0 Å². The molecule has 5 rings (SSSR count). The van der Waals surface area contributed by atoms with Crippen LogP contribution in [0.4, 0.5) is 5.82 Å². The van der Waals surface area contributed by atoms with Crippen LogP contribution in [0.15, 0.2) is 60.1 Å². The number of anilines is 1. The van der Waals surface area contributed by atoms with Crippen LogP contribution < -0.4 is 4.90 Å². The predicted molar refractivity (Wildman–Crippen MR) is 119 cm³/mol. The normalized spacial score (nSPS) is 14.9. The molecule has 1 fully saturated rings. The lowest BCUT2D eigenvalue weighted by atomic mass is 10.2. The summed E-state index contributed by atoms with van der Waals surface area (Å²) in [6.07, 6.45) is 1.90. The summed E-state index contributed by atoms with van der Waals surface area (Å²) in [6.45, 7) is 6.70. The quantitative estimate of drug-likeness (QED) is 0.496. The third-order valence-corrected chi connectivity index (χ3v) is 6.19. The van der Waals surface area contributed by atoms with Crippen LogP contribution in [0.3, 0.4) is 0 Å². The number of hydrogen-bond donors (Lipinski definition) is 0. The molecule has 0 radical (unpaired) electrons. The number of aromatic nitrogens is 5. The molecule has 1 saturated heterocycles. The molecule has 0 amide bonds. The van der Waals surface area contributed by atoms with Crippen molar-refractivity contribution in [2.24, 2.45) is 0 Å². The Morgan fingerprint density at radius 2 is 1.67 bits per heavy atom. The molecule has 0 spiro atoms. The minimum Gasteiger partial charge on any atom is -0.353 e. The van der Waals surface area contributed by atoms with Crippen LogP contribution in [0.25, 0.3) is 16.4 Å². The molecule has 0 N–H and O–H groups in total. The van der Waals surface area contributed by atoms with E-state index in [-0.39, 0.29) is 0 Å². The van der Waals surface area contributed by atoms with Crippen molar-refractivity contribution in [2.75, 3.05) is 31.1 Å². The fraction of sp³-hybridized carbons (Fsp3) is 0.273. The van der Waals surface area contributed by atoms with Crippen LogP contribution in [0.5, 0.6) is 0 Å². The second-order valence-corrected chi connectivity index (χ2v) is 8.28. The Kier molecular flexibility index (Phi) is 5.25. The van der Waals surface area contributed by atoms with Crippen molar-refractivity contribution in [3.63, 3.8) is 0 Å². The molecule has 0 saturated carbocycles. The Hall–Kier alpha value is -3.10. The summed E-state index contributed by atoms with van der Waals surface area (Å²) in [6, 6.07) is 16.3. The largest absolute Gasteiger partial charge is 0.353 e. The first kappa shape index (κ1) is 18.9. The number of nitrogens with zero attached hydrogens (tertiary/aromatic N) is 7. The number of piperazine rings is 1. The monoisotopic (exact) mass is 417 g/mol. The third kappa shape index (κ3) is 4.10. The second kappa shape index (κ2) is 8.33. The number of thiazole rings is 1. The van der Waals surface area contributed by atoms with Gasteiger partial charge >= 0.3 is 0 Å². The first-order valence-electron chi connectivity index (χ1n) is 10.1. The van der Waals surface area contributed by atoms with E-state index < -0.39 is 0 Å². The minimum atomic E-state index is 0.739. The van der Waals surface area contributed by atoms with Gasteiger partial charge in [-0.15, -0.1) is 21.5 Å². The molecule has 1 aromatic carbocycles. The van der Waals surface area contributed by atoms with Crippen LogP contribution in [0.2, 0.25) is 0 Å². The smallest absolute Gasteiger partial charge is 0.175 e. The molecule has 4 heterocycles. The Morgan fingerprint density at radius 1 is 0.900 bits per heavy atom. The standard InChI is InChI=1S/C22H23N7S/c1-17-9-10-29(26-17)21-8-7-20(24-25-21)28-13-11-27(12-14-28)15-19-16-30-22(23-19)18-5-3-2-4-6-18/h2-10,16H,11-15H2,1H3. The number of hydrogen-bond acceptors (Lipinski definition) is 7. The molecule has 7 nitrogen and oxygen atoms in total. The lowest BCUT2D eigenvalue weighted by Gasteiger charge is -2.34. The predicted octanol–water partition coefficient (Wildman–Crippen LogP) is 3.42. The molecular formula is C22H23N7S. The van der Waals surface area contributed by atoms with Gasteiger partial charge in [-0.3, -0.25) is 4.90 Å². The van der Waals surface area contributed by atoms with Crippen molar-refractivity contribution < 1.29 is 0 Å². The van der Waals surface area contributed by atoms with Gasteiger partial charge in [0.2, 0.25) is 0 Å². The maximum atomic E-state index is 4.82. The summed E-state index contributed by atoms with van der Waals surface area (Å²) in [7, 11) is 0. The molecular weight excluding hydrogens is 394 g/mol. The van der Waals surface area contributed by atoms with Crippen LogP contribution in [-0.4, -0.2) is 56.0 Å². The summed E-state index contributed by atoms with van der Waals surface area (Å²) in [5.41, 5.74) is 3.30. The zero-order valence-electron chi connectivity index (χ0n) is 16.8. The van der Waals surface area contributed by atoms with Gasteiger partial charge in [0.1, 0.15) is 5.01 Å². The fourth-order valence-corrected chi connectivity index (χ4v) is 4.43. The van der Waals surface area contributed by atoms with Gasteiger partial charge in [-0.25, -0.2) is 9.67 Å². The molecule has 0 unspecified atom stereocenters. The lowest BCUT2D eigenvalue weighted by molar-refractivity contribution is 0.247. The average molecular weight is 418 g/mol. The Morgan fingerprint density at radius 3 is 2.37 bits per heavy atom. The summed E-state index contributed by atoms with van der Waals surface area (Å²) < 4.78 is 1.75. The minimum absolute atomic E-state index is 0.739. The van der Waals surface area contributed by atoms with E-state index in [1.807, 2.05) is 37.4 Å². The van der Waals surface area contributed by atoms with E-state index in [0.717, 1.165) is 60.8 Å². The number of aryl methyl sites for hydroxylation is 1. The molecule has 0 atom stereocenters. The maximum absolute atomic E-state index is 4.82. The summed E-state index contributed by atoms with van der Waals surface area (Å²) in [4.78, 5) is 9.57. The van der Waals surface area contributed by atoms with E-state index in [1.54, 1.807) is 16.0 Å². The molecule has 30 heavy (non-hydrogen) atoms. The van der Waals surface area contributed by atoms with Gasteiger partial charge in [0.15, 0.2) is 11.6 Å². The molecule has 1 aliphatic heterocycles. The third-order valence-electron chi connectivity index (χ3n) is 5.25. The van der Waals surface area contributed by atoms with Crippen molar-refractivity contribution in [3.8, 4) is 16.4 Å². The Bertz CT molecular complexity index is 1100. The molecule has 0 aliphatic carbocycles. The zero-order valence-corrected chi connectivity index (χ0v) is 17.7. The van der Waals surface area contributed by atoms with Gasteiger partial charge < -0.3 is 4.90 Å². The summed E-state index contributed by atoms with van der Waals surface area (Å²) in [5.74, 6) is 1.66. The molecule has 0 bridgehead atoms. The van der Waals surface area contributed by atoms with E-state index in [0.29, 0.717) is 0 Å². The van der Waals surface area contributed by atoms with E-state index in [9.17, 15) is 0 Å². The van der Waals surface area contributed by atoms with Crippen molar-refractivity contribution >= 4 is 17.2 Å². The second-order valence-electron chi connectivity index (χ2n) is 7.42. The lowest BCUT2D eigenvalue weighted by Crippen LogP contribution is -2.46. The molecule has 1 aliphatic rings. The van der Waals surface area contributed by atoms with Crippen LogP contribution in [0.1, 0.15) is 11.4 Å².